The van der Waals surface area contributed by atoms with Crippen LogP contribution in [0.25, 0.3) is 0 Å². The molecule has 1 rings (SSSR count). The smallest absolute Gasteiger partial charge is 0.0406 e. The van der Waals surface area contributed by atoms with E-state index in [0.29, 0.717) is 6.04 Å². The molecule has 0 saturated carbocycles. The Bertz CT molecular complexity index is 286. The van der Waals surface area contributed by atoms with Crippen LogP contribution in [0.1, 0.15) is 31.4 Å². The number of unbranched alkanes of at least 4 members (excludes halogenated alkanes) is 1. The van der Waals surface area contributed by atoms with E-state index in [1.807, 2.05) is 23.9 Å². The van der Waals surface area contributed by atoms with E-state index in [0.717, 1.165) is 11.6 Å². The molecule has 1 nitrogen and oxygen atoms in total. The first-order valence-corrected chi connectivity index (χ1v) is 7.49. The van der Waals surface area contributed by atoms with Crippen LogP contribution in [0.5, 0.6) is 0 Å². The van der Waals surface area contributed by atoms with Crippen molar-refractivity contribution in [2.24, 2.45) is 0 Å². The quantitative estimate of drug-likeness (QED) is 0.737. The molecule has 16 heavy (non-hydrogen) atoms. The molecule has 1 N–H and O–H groups in total. The summed E-state index contributed by atoms with van der Waals surface area (Å²) >= 11 is 7.77. The van der Waals surface area contributed by atoms with E-state index in [2.05, 4.69) is 30.6 Å². The van der Waals surface area contributed by atoms with Crippen LogP contribution in [-0.4, -0.2) is 18.6 Å². The van der Waals surface area contributed by atoms with Crippen LogP contribution in [0, 0.1) is 0 Å². The second-order valence-electron chi connectivity index (χ2n) is 3.93. The van der Waals surface area contributed by atoms with Crippen molar-refractivity contribution in [3.63, 3.8) is 0 Å². The maximum Gasteiger partial charge on any atom is 0.0406 e. The van der Waals surface area contributed by atoms with Crippen LogP contribution in [-0.2, 0) is 0 Å². The minimum absolute atomic E-state index is 0.409. The lowest BCUT2D eigenvalue weighted by molar-refractivity contribution is 0.556. The third kappa shape index (κ3) is 5.24. The largest absolute Gasteiger partial charge is 0.310 e. The molecule has 0 fully saturated rings. The third-order valence-corrected chi connectivity index (χ3v) is 3.54. The highest BCUT2D eigenvalue weighted by Crippen LogP contribution is 2.15. The van der Waals surface area contributed by atoms with Gasteiger partial charge in [-0.3, -0.25) is 0 Å². The number of nitrogens with one attached hydrogen (secondary N) is 1. The minimum atomic E-state index is 0.409. The van der Waals surface area contributed by atoms with Crippen molar-refractivity contribution in [1.82, 2.24) is 5.32 Å². The van der Waals surface area contributed by atoms with E-state index in [1.165, 1.54) is 24.2 Å². The molecular weight excluding hydrogens is 238 g/mol. The first-order valence-electron chi connectivity index (χ1n) is 5.72. The summed E-state index contributed by atoms with van der Waals surface area (Å²) < 4.78 is 0. The van der Waals surface area contributed by atoms with Crippen molar-refractivity contribution in [3.8, 4) is 0 Å². The monoisotopic (exact) mass is 257 g/mol. The molecule has 0 spiro atoms. The predicted molar refractivity (Wildman–Crippen MR) is 75.5 cm³/mol. The van der Waals surface area contributed by atoms with Crippen molar-refractivity contribution < 1.29 is 0 Å². The summed E-state index contributed by atoms with van der Waals surface area (Å²) in [7, 11) is 0. The SMILES string of the molecule is CSCCCCNC(C)c1ccc(Cl)cc1. The zero-order chi connectivity index (χ0) is 11.8. The fourth-order valence-electron chi connectivity index (χ4n) is 1.56. The van der Waals surface area contributed by atoms with Crippen LogP contribution in [0.3, 0.4) is 0 Å². The molecule has 0 saturated heterocycles. The van der Waals surface area contributed by atoms with Gasteiger partial charge < -0.3 is 5.32 Å². The van der Waals surface area contributed by atoms with Gasteiger partial charge in [0.1, 0.15) is 0 Å². The maximum absolute atomic E-state index is 5.86. The number of benzene rings is 1. The van der Waals surface area contributed by atoms with Crippen molar-refractivity contribution in [1.29, 1.82) is 0 Å². The van der Waals surface area contributed by atoms with Gasteiger partial charge in [-0.15, -0.1) is 0 Å². The predicted octanol–water partition coefficient (Wildman–Crippen LogP) is 4.13. The molecule has 1 unspecified atom stereocenters. The summed E-state index contributed by atoms with van der Waals surface area (Å²) in [5, 5.41) is 4.33. The zero-order valence-corrected chi connectivity index (χ0v) is 11.6. The lowest BCUT2D eigenvalue weighted by Gasteiger charge is -2.14. The molecular formula is C13H20ClNS. The molecule has 1 atom stereocenters. The van der Waals surface area contributed by atoms with Gasteiger partial charge in [0.05, 0.1) is 0 Å². The standard InChI is InChI=1S/C13H20ClNS/c1-11(15-9-3-4-10-16-2)12-5-7-13(14)8-6-12/h5-8,11,15H,3-4,9-10H2,1-2H3. The average molecular weight is 258 g/mol. The van der Waals surface area contributed by atoms with Gasteiger partial charge in [-0.1, -0.05) is 23.7 Å². The Morgan fingerprint density at radius 2 is 1.94 bits per heavy atom. The summed E-state index contributed by atoms with van der Waals surface area (Å²) in [4.78, 5) is 0. The van der Waals surface area contributed by atoms with Crippen LogP contribution in [0.2, 0.25) is 5.02 Å². The van der Waals surface area contributed by atoms with E-state index in [-0.39, 0.29) is 0 Å². The topological polar surface area (TPSA) is 12.0 Å². The molecule has 0 heterocycles. The summed E-state index contributed by atoms with van der Waals surface area (Å²) in [6.45, 7) is 3.28. The molecule has 0 amide bonds. The Hall–Kier alpha value is -0.180. The second-order valence-corrected chi connectivity index (χ2v) is 5.35. The van der Waals surface area contributed by atoms with Crippen LogP contribution in [0.4, 0.5) is 0 Å². The van der Waals surface area contributed by atoms with E-state index >= 15 is 0 Å². The number of halogens is 1. The Kier molecular flexibility index (Phi) is 6.93. The van der Waals surface area contributed by atoms with Crippen molar-refractivity contribution in [2.75, 3.05) is 18.6 Å². The number of hydrogen-bond acceptors (Lipinski definition) is 2. The molecule has 0 aliphatic carbocycles. The highest BCUT2D eigenvalue weighted by molar-refractivity contribution is 7.98. The first-order chi connectivity index (χ1) is 7.74. The lowest BCUT2D eigenvalue weighted by atomic mass is 10.1. The van der Waals surface area contributed by atoms with Crippen LogP contribution in [0.15, 0.2) is 24.3 Å². The Labute approximate surface area is 108 Å². The molecule has 90 valence electrons. The molecule has 1 aromatic carbocycles. The summed E-state index contributed by atoms with van der Waals surface area (Å²) in [5.41, 5.74) is 1.30. The van der Waals surface area contributed by atoms with Crippen molar-refractivity contribution in [3.05, 3.63) is 34.9 Å². The molecule has 0 aliphatic heterocycles. The third-order valence-electron chi connectivity index (χ3n) is 2.60. The summed E-state index contributed by atoms with van der Waals surface area (Å²) in [5.74, 6) is 1.26. The van der Waals surface area contributed by atoms with Gasteiger partial charge in [0, 0.05) is 11.1 Å². The van der Waals surface area contributed by atoms with E-state index in [9.17, 15) is 0 Å². The van der Waals surface area contributed by atoms with Gasteiger partial charge in [-0.2, -0.15) is 11.8 Å². The molecule has 0 bridgehead atoms. The van der Waals surface area contributed by atoms with Gasteiger partial charge in [0.2, 0.25) is 0 Å². The molecule has 0 radical (unpaired) electrons. The number of hydrogen-bond donors (Lipinski definition) is 1. The zero-order valence-electron chi connectivity index (χ0n) is 10.0. The fraction of sp³-hybridized carbons (Fsp3) is 0.538. The molecule has 0 aliphatic rings. The van der Waals surface area contributed by atoms with Gasteiger partial charge in [0.15, 0.2) is 0 Å². The van der Waals surface area contributed by atoms with Gasteiger partial charge in [-0.25, -0.2) is 0 Å². The second kappa shape index (κ2) is 7.99. The fourth-order valence-corrected chi connectivity index (χ4v) is 2.18. The molecule has 1 aromatic rings. The highest BCUT2D eigenvalue weighted by atomic mass is 35.5. The van der Waals surface area contributed by atoms with Crippen molar-refractivity contribution in [2.45, 2.75) is 25.8 Å². The van der Waals surface area contributed by atoms with Gasteiger partial charge >= 0.3 is 0 Å². The van der Waals surface area contributed by atoms with E-state index in [4.69, 9.17) is 11.6 Å². The summed E-state index contributed by atoms with van der Waals surface area (Å²) in [6.07, 6.45) is 4.70. The molecule has 3 heteroatoms. The summed E-state index contributed by atoms with van der Waals surface area (Å²) in [6, 6.07) is 8.47. The Morgan fingerprint density at radius 1 is 1.25 bits per heavy atom. The number of thioether (sulfide) groups is 1. The maximum atomic E-state index is 5.86. The van der Waals surface area contributed by atoms with Gasteiger partial charge in [0.25, 0.3) is 0 Å². The van der Waals surface area contributed by atoms with Gasteiger partial charge in [-0.05, 0) is 56.0 Å². The van der Waals surface area contributed by atoms with Crippen LogP contribution < -0.4 is 5.32 Å². The van der Waals surface area contributed by atoms with E-state index < -0.39 is 0 Å². The normalized spacial score (nSPS) is 12.7. The number of rotatable bonds is 7. The van der Waals surface area contributed by atoms with Crippen molar-refractivity contribution >= 4 is 23.4 Å². The van der Waals surface area contributed by atoms with E-state index in [1.54, 1.807) is 0 Å². The first kappa shape index (κ1) is 13.9. The molecule has 0 aromatic heterocycles. The lowest BCUT2D eigenvalue weighted by Crippen LogP contribution is -2.19. The average Bonchev–Trinajstić information content (AvgIpc) is 2.29. The highest BCUT2D eigenvalue weighted by Gasteiger charge is 2.03. The minimum Gasteiger partial charge on any atom is -0.310 e. The Morgan fingerprint density at radius 3 is 2.56 bits per heavy atom. The Balaban J connectivity index is 2.24. The van der Waals surface area contributed by atoms with Crippen LogP contribution >= 0.6 is 23.4 Å².